The van der Waals surface area contributed by atoms with Gasteiger partial charge in [-0.1, -0.05) is 26.8 Å². The van der Waals surface area contributed by atoms with Gasteiger partial charge in [-0.25, -0.2) is 0 Å². The molecule has 3 aromatic rings. The van der Waals surface area contributed by atoms with E-state index in [4.69, 9.17) is 5.73 Å². The molecule has 0 saturated heterocycles. The fourth-order valence-electron chi connectivity index (χ4n) is 4.72. The van der Waals surface area contributed by atoms with E-state index in [0.717, 1.165) is 16.6 Å². The molecule has 4 N–H and O–H groups in total. The Morgan fingerprint density at radius 2 is 1.86 bits per heavy atom. The van der Waals surface area contributed by atoms with Crippen molar-refractivity contribution >= 4 is 22.5 Å². The predicted octanol–water partition coefficient (Wildman–Crippen LogP) is 4.25. The Bertz CT molecular complexity index is 1310. The molecular formula is C26H29F2N3O4. The maximum absolute atomic E-state index is 13.4. The molecule has 0 spiro atoms. The number of hydrogen-bond donors (Lipinski definition) is 3. The van der Waals surface area contributed by atoms with Crippen LogP contribution in [0.2, 0.25) is 0 Å². The third-order valence-electron chi connectivity index (χ3n) is 6.73. The number of hydrogen-bond acceptors (Lipinski definition) is 5. The first-order valence-corrected chi connectivity index (χ1v) is 11.7. The Morgan fingerprint density at radius 1 is 1.14 bits per heavy atom. The van der Waals surface area contributed by atoms with Crippen LogP contribution in [0, 0.1) is 0 Å². The average Bonchev–Trinajstić information content (AvgIpc) is 3.42. The molecule has 1 amide bonds. The van der Waals surface area contributed by atoms with Crippen LogP contribution < -0.4 is 20.5 Å². The second kappa shape index (κ2) is 7.93. The zero-order valence-electron chi connectivity index (χ0n) is 19.9. The van der Waals surface area contributed by atoms with Gasteiger partial charge in [0, 0.05) is 34.2 Å². The Balaban J connectivity index is 1.42. The molecule has 35 heavy (non-hydrogen) atoms. The number of alkyl halides is 2. The summed E-state index contributed by atoms with van der Waals surface area (Å²) < 4.78 is 37.9. The molecule has 7 nitrogen and oxygen atoms in total. The van der Waals surface area contributed by atoms with Crippen molar-refractivity contribution < 1.29 is 28.2 Å². The molecule has 2 heterocycles. The Hall–Kier alpha value is -3.17. The number of nitrogens with one attached hydrogen (secondary N) is 1. The predicted molar refractivity (Wildman–Crippen MR) is 128 cm³/mol. The highest BCUT2D eigenvalue weighted by Gasteiger charge is 2.52. The van der Waals surface area contributed by atoms with Crippen molar-refractivity contribution in [2.75, 3.05) is 11.9 Å². The largest absolute Gasteiger partial charge is 0.586 e. The zero-order valence-corrected chi connectivity index (χ0v) is 19.9. The molecule has 1 aliphatic carbocycles. The number of benzene rings is 2. The second-order valence-electron chi connectivity index (χ2n) is 10.4. The van der Waals surface area contributed by atoms with Crippen LogP contribution in [0.3, 0.4) is 0 Å². The number of carbonyl (C=O) groups is 1. The molecule has 1 fully saturated rings. The molecule has 1 atom stereocenters. The van der Waals surface area contributed by atoms with Crippen molar-refractivity contribution in [1.82, 2.24) is 4.57 Å². The van der Waals surface area contributed by atoms with E-state index in [1.54, 1.807) is 6.07 Å². The van der Waals surface area contributed by atoms with E-state index in [2.05, 4.69) is 46.2 Å². The van der Waals surface area contributed by atoms with Crippen molar-refractivity contribution in [3.63, 3.8) is 0 Å². The van der Waals surface area contributed by atoms with Crippen LogP contribution in [0.15, 0.2) is 42.5 Å². The van der Waals surface area contributed by atoms with Gasteiger partial charge in [0.15, 0.2) is 11.5 Å². The van der Waals surface area contributed by atoms with Crippen molar-refractivity contribution in [3.05, 3.63) is 53.7 Å². The summed E-state index contributed by atoms with van der Waals surface area (Å²) in [6, 6.07) is 12.2. The molecule has 0 radical (unpaired) electrons. The number of aromatic nitrogens is 1. The lowest BCUT2D eigenvalue weighted by Crippen LogP contribution is -2.28. The second-order valence-corrected chi connectivity index (χ2v) is 10.4. The van der Waals surface area contributed by atoms with Crippen LogP contribution in [0.25, 0.3) is 10.9 Å². The third kappa shape index (κ3) is 4.23. The number of rotatable bonds is 6. The molecule has 5 rings (SSSR count). The van der Waals surface area contributed by atoms with Gasteiger partial charge in [-0.3, -0.25) is 4.79 Å². The number of ether oxygens (including phenoxy) is 2. The molecule has 9 heteroatoms. The third-order valence-corrected chi connectivity index (χ3v) is 6.73. The molecule has 2 aliphatic rings. The van der Waals surface area contributed by atoms with E-state index in [1.165, 1.54) is 12.1 Å². The lowest BCUT2D eigenvalue weighted by molar-refractivity contribution is -0.286. The van der Waals surface area contributed by atoms with Crippen molar-refractivity contribution in [3.8, 4) is 11.5 Å². The lowest BCUT2D eigenvalue weighted by Gasteiger charge is -2.23. The van der Waals surface area contributed by atoms with Gasteiger partial charge in [0.05, 0.1) is 18.1 Å². The van der Waals surface area contributed by atoms with Gasteiger partial charge in [-0.05, 0) is 54.8 Å². The van der Waals surface area contributed by atoms with Crippen LogP contribution in [0.4, 0.5) is 14.5 Å². The minimum absolute atomic E-state index is 0.0423. The molecule has 0 bridgehead atoms. The van der Waals surface area contributed by atoms with E-state index in [0.29, 0.717) is 30.6 Å². The summed E-state index contributed by atoms with van der Waals surface area (Å²) in [5.74, 6) is -0.306. The molecule has 1 aliphatic heterocycles. The average molecular weight is 486 g/mol. The van der Waals surface area contributed by atoms with Crippen LogP contribution in [-0.2, 0) is 22.2 Å². The smallest absolute Gasteiger partial charge is 0.395 e. The van der Waals surface area contributed by atoms with Crippen molar-refractivity contribution in [1.29, 1.82) is 0 Å². The van der Waals surface area contributed by atoms with Crippen LogP contribution in [0.1, 0.15) is 44.9 Å². The molecule has 1 aromatic heterocycles. The molecule has 0 unspecified atom stereocenters. The Kier molecular flexibility index (Phi) is 5.34. The first-order chi connectivity index (χ1) is 16.4. The van der Waals surface area contributed by atoms with Crippen LogP contribution in [0.5, 0.6) is 11.5 Å². The Morgan fingerprint density at radius 3 is 2.51 bits per heavy atom. The van der Waals surface area contributed by atoms with Crippen molar-refractivity contribution in [2.24, 2.45) is 5.73 Å². The quantitative estimate of drug-likeness (QED) is 0.485. The summed E-state index contributed by atoms with van der Waals surface area (Å²) in [6.07, 6.45) is -3.14. The first-order valence-electron chi connectivity index (χ1n) is 11.7. The maximum Gasteiger partial charge on any atom is 0.586 e. The number of amides is 1. The normalized spacial score (nSPS) is 18.5. The number of anilines is 1. The summed E-state index contributed by atoms with van der Waals surface area (Å²) >= 11 is 0. The lowest BCUT2D eigenvalue weighted by atomic mass is 9.92. The summed E-state index contributed by atoms with van der Waals surface area (Å²) in [5.41, 5.74) is 7.94. The highest BCUT2D eigenvalue weighted by atomic mass is 19.3. The number of aliphatic hydroxyl groups is 1. The van der Waals surface area contributed by atoms with E-state index >= 15 is 0 Å². The molecule has 186 valence electrons. The van der Waals surface area contributed by atoms with Gasteiger partial charge in [-0.15, -0.1) is 8.78 Å². The fourth-order valence-corrected chi connectivity index (χ4v) is 4.72. The molecular weight excluding hydrogens is 456 g/mol. The van der Waals surface area contributed by atoms with E-state index in [9.17, 15) is 18.7 Å². The van der Waals surface area contributed by atoms with Gasteiger partial charge in [0.1, 0.15) is 0 Å². The topological polar surface area (TPSA) is 98.7 Å². The van der Waals surface area contributed by atoms with Gasteiger partial charge < -0.3 is 30.2 Å². The number of carbonyl (C=O) groups excluding carboxylic acids is 1. The van der Waals surface area contributed by atoms with E-state index in [-0.39, 0.29) is 29.4 Å². The fraction of sp³-hybridized carbons (Fsp3) is 0.423. The summed E-state index contributed by atoms with van der Waals surface area (Å²) in [6.45, 7) is 6.86. The maximum atomic E-state index is 13.4. The summed E-state index contributed by atoms with van der Waals surface area (Å²) in [5, 5.41) is 14.1. The van der Waals surface area contributed by atoms with Crippen molar-refractivity contribution in [2.45, 2.75) is 63.4 Å². The van der Waals surface area contributed by atoms with Gasteiger partial charge in [0.2, 0.25) is 5.91 Å². The van der Waals surface area contributed by atoms with Crippen LogP contribution >= 0.6 is 0 Å². The summed E-state index contributed by atoms with van der Waals surface area (Å²) in [7, 11) is 0. The molecule has 2 aromatic carbocycles. The minimum atomic E-state index is -3.70. The number of halogens is 2. The highest BCUT2D eigenvalue weighted by molar-refractivity contribution is 6.02. The Labute approximate surface area is 201 Å². The SMILES string of the molecule is CC(C)(C)c1cc2cc(NC(=O)C3(c4ccc5c(c4)OC(F)(F)O5)CC3)ccc2n1C[C@@H](O)CN. The van der Waals surface area contributed by atoms with Gasteiger partial charge in [-0.2, -0.15) is 0 Å². The zero-order chi connectivity index (χ0) is 25.2. The number of nitrogens with zero attached hydrogens (tertiary/aromatic N) is 1. The number of fused-ring (bicyclic) bond motifs is 2. The van der Waals surface area contributed by atoms with Crippen LogP contribution in [-0.4, -0.2) is 34.5 Å². The van der Waals surface area contributed by atoms with E-state index in [1.807, 2.05) is 18.2 Å². The minimum Gasteiger partial charge on any atom is -0.395 e. The van der Waals surface area contributed by atoms with Gasteiger partial charge in [0.25, 0.3) is 0 Å². The standard InChI is InChI=1S/C26H29F2N3O4/c1-24(2,3)22-11-15-10-17(5-6-19(15)31(22)14-18(32)13-29)30-23(33)25(8-9-25)16-4-7-20-21(12-16)35-26(27,28)34-20/h4-7,10-12,18,32H,8-9,13-14,29H2,1-3H3,(H,30,33)/t18-/m0/s1. The first kappa shape index (κ1) is 23.6. The van der Waals surface area contributed by atoms with Gasteiger partial charge >= 0.3 is 6.29 Å². The molecule has 1 saturated carbocycles. The highest BCUT2D eigenvalue weighted by Crippen LogP contribution is 2.52. The summed E-state index contributed by atoms with van der Waals surface area (Å²) in [4.78, 5) is 13.3. The monoisotopic (exact) mass is 485 g/mol. The number of nitrogens with two attached hydrogens (primary N) is 1. The van der Waals surface area contributed by atoms with E-state index < -0.39 is 17.8 Å². The number of aliphatic hydroxyl groups excluding tert-OH is 1.